The van der Waals surface area contributed by atoms with Crippen LogP contribution >= 0.6 is 0 Å². The molecule has 2 N–H and O–H groups in total. The molecule has 0 saturated heterocycles. The summed E-state index contributed by atoms with van der Waals surface area (Å²) >= 11 is 0. The molecular weight excluding hydrogens is 681 g/mol. The van der Waals surface area contributed by atoms with Crippen molar-refractivity contribution in [3.63, 3.8) is 0 Å². The van der Waals surface area contributed by atoms with E-state index in [9.17, 15) is 0 Å². The Morgan fingerprint density at radius 1 is 0.375 bits per heavy atom. The number of aryl methyl sites for hydroxylation is 6. The molecule has 0 spiro atoms. The van der Waals surface area contributed by atoms with Crippen LogP contribution in [0.5, 0.6) is 0 Å². The molecule has 4 nitrogen and oxygen atoms in total. The normalized spacial score (nSPS) is 12.4. The van der Waals surface area contributed by atoms with E-state index >= 15 is 0 Å². The van der Waals surface area contributed by atoms with Gasteiger partial charge in [0, 0.05) is 22.3 Å². The Labute approximate surface area is 330 Å². The lowest BCUT2D eigenvalue weighted by Gasteiger charge is -2.08. The summed E-state index contributed by atoms with van der Waals surface area (Å²) in [6, 6.07) is 43.4. The first kappa shape index (κ1) is 35.4. The van der Waals surface area contributed by atoms with Crippen molar-refractivity contribution in [3.8, 4) is 44.5 Å². The molecule has 8 bridgehead atoms. The topological polar surface area (TPSA) is 57.4 Å². The number of nitrogens with zero attached hydrogens (tertiary/aromatic N) is 2. The maximum Gasteiger partial charge on any atom is 0.0737 e. The molecule has 0 radical (unpaired) electrons. The first-order valence-electron chi connectivity index (χ1n) is 20.4. The number of benzene rings is 4. The number of hydrogen-bond acceptors (Lipinski definition) is 2. The van der Waals surface area contributed by atoms with Crippen LogP contribution in [0.4, 0.5) is 0 Å². The van der Waals surface area contributed by atoms with Gasteiger partial charge in [0.2, 0.25) is 0 Å². The molecule has 0 unspecified atom stereocenters. The maximum atomic E-state index is 5.72. The second-order valence-corrected chi connectivity index (χ2v) is 14.8. The summed E-state index contributed by atoms with van der Waals surface area (Å²) in [5.41, 5.74) is 23.5. The lowest BCUT2D eigenvalue weighted by molar-refractivity contribution is 1.03. The Bertz CT molecular complexity index is 2570. The molecule has 0 aliphatic carbocycles. The van der Waals surface area contributed by atoms with Gasteiger partial charge >= 0.3 is 0 Å². The second-order valence-electron chi connectivity index (χ2n) is 14.8. The molecule has 4 aromatic carbocycles. The van der Waals surface area contributed by atoms with Crippen LogP contribution in [-0.4, -0.2) is 19.9 Å². The van der Waals surface area contributed by atoms with Gasteiger partial charge in [0.25, 0.3) is 0 Å². The summed E-state index contributed by atoms with van der Waals surface area (Å²) < 4.78 is 0. The Morgan fingerprint density at radius 3 is 0.964 bits per heavy atom. The van der Waals surface area contributed by atoms with Crippen molar-refractivity contribution in [1.29, 1.82) is 0 Å². The number of fused-ring (bicyclic) bond motifs is 8. The molecule has 5 heterocycles. The minimum atomic E-state index is 0.856. The van der Waals surface area contributed by atoms with Crippen LogP contribution in [0, 0.1) is 0 Å². The Hall–Kier alpha value is -6.26. The van der Waals surface area contributed by atoms with E-state index in [1.165, 1.54) is 55.5 Å². The molecule has 276 valence electrons. The number of aromatic amines is 2. The average Bonchev–Trinajstić information content (AvgIpc) is 4.06. The van der Waals surface area contributed by atoms with Crippen LogP contribution in [0.3, 0.4) is 0 Å². The molecule has 0 fully saturated rings. The van der Waals surface area contributed by atoms with Gasteiger partial charge in [-0.25, -0.2) is 4.98 Å². The van der Waals surface area contributed by atoms with Gasteiger partial charge < -0.3 is 9.97 Å². The third kappa shape index (κ3) is 6.01. The molecule has 0 saturated carbocycles. The Balaban J connectivity index is 1.59. The van der Waals surface area contributed by atoms with E-state index in [4.69, 9.17) is 9.97 Å². The number of H-pyrrole nitrogens is 2. The zero-order valence-electron chi connectivity index (χ0n) is 32.8. The smallest absolute Gasteiger partial charge is 0.0737 e. The molecule has 0 atom stereocenters. The molecule has 0 amide bonds. The molecule has 4 heteroatoms. The molecular formula is C52H48N4. The summed E-state index contributed by atoms with van der Waals surface area (Å²) in [5, 5.41) is 0. The van der Waals surface area contributed by atoms with Crippen LogP contribution in [0.25, 0.3) is 78.7 Å². The van der Waals surface area contributed by atoms with E-state index in [2.05, 4.69) is 171 Å². The fourth-order valence-electron chi connectivity index (χ4n) is 9.25. The highest BCUT2D eigenvalue weighted by Gasteiger charge is 2.25. The van der Waals surface area contributed by atoms with Crippen molar-refractivity contribution < 1.29 is 0 Å². The highest BCUT2D eigenvalue weighted by atomic mass is 14.8. The van der Waals surface area contributed by atoms with E-state index in [-0.39, 0.29) is 0 Å². The van der Waals surface area contributed by atoms with Crippen molar-refractivity contribution >= 4 is 34.2 Å². The first-order valence-corrected chi connectivity index (χ1v) is 20.4. The fourth-order valence-corrected chi connectivity index (χ4v) is 9.25. The standard InChI is InChI=1S/C52H48N4/c1-5-37-38(6-2)50-46(34-23-15-10-16-24-34)42-31-32-44(54-42)48(36-27-19-12-20-28-36)52-40(8-4)39(7-3)51(56-52)47(35-25-17-11-18-26-35)43-30-29-41(53-43)45(49(37)55-50)33-21-13-9-14-22-33/h9-30,55-56H,5-8,31-32H2,1-4H3. The van der Waals surface area contributed by atoms with Crippen molar-refractivity contribution in [1.82, 2.24) is 19.9 Å². The quantitative estimate of drug-likeness (QED) is 0.164. The van der Waals surface area contributed by atoms with E-state index in [1.807, 2.05) is 0 Å². The summed E-state index contributed by atoms with van der Waals surface area (Å²) in [6.07, 6.45) is 9.75. The molecule has 9 rings (SSSR count). The van der Waals surface area contributed by atoms with Gasteiger partial charge in [-0.3, -0.25) is 4.98 Å². The van der Waals surface area contributed by atoms with Gasteiger partial charge in [-0.1, -0.05) is 149 Å². The van der Waals surface area contributed by atoms with Gasteiger partial charge in [0.05, 0.1) is 44.8 Å². The SMILES string of the molecule is CCc1c(CC)c2[nH]c1c(-c1ccccc1)c1nc(c(-c3ccccc3)c3[nH]c(c(CC)c3CC)c(-c3ccccc3)c3nc(c2-c2ccccc2)CC3)C=C1. The summed E-state index contributed by atoms with van der Waals surface area (Å²) in [4.78, 5) is 19.6. The fraction of sp³-hybridized carbons (Fsp3) is 0.192. The Morgan fingerprint density at radius 2 is 0.661 bits per heavy atom. The molecule has 2 aliphatic rings. The Kier molecular flexibility index (Phi) is 9.56. The van der Waals surface area contributed by atoms with Crippen molar-refractivity contribution in [2.24, 2.45) is 0 Å². The largest absolute Gasteiger partial charge is 0.354 e. The van der Waals surface area contributed by atoms with E-state index in [1.54, 1.807) is 0 Å². The molecule has 56 heavy (non-hydrogen) atoms. The van der Waals surface area contributed by atoms with Crippen LogP contribution in [0.2, 0.25) is 0 Å². The molecule has 7 aromatic rings. The number of nitrogens with one attached hydrogen (secondary N) is 2. The van der Waals surface area contributed by atoms with Gasteiger partial charge in [-0.15, -0.1) is 0 Å². The van der Waals surface area contributed by atoms with E-state index in [0.29, 0.717) is 0 Å². The van der Waals surface area contributed by atoms with Gasteiger partial charge in [-0.2, -0.15) is 0 Å². The molecule has 2 aliphatic heterocycles. The minimum Gasteiger partial charge on any atom is -0.354 e. The van der Waals surface area contributed by atoms with E-state index < -0.39 is 0 Å². The van der Waals surface area contributed by atoms with Crippen LogP contribution in [-0.2, 0) is 38.5 Å². The third-order valence-corrected chi connectivity index (χ3v) is 11.7. The predicted octanol–water partition coefficient (Wildman–Crippen LogP) is 13.2. The average molecular weight is 729 g/mol. The second kappa shape index (κ2) is 15.1. The summed E-state index contributed by atoms with van der Waals surface area (Å²) in [6.45, 7) is 9.15. The van der Waals surface area contributed by atoms with Crippen molar-refractivity contribution in [2.45, 2.75) is 66.2 Å². The lowest BCUT2D eigenvalue weighted by atomic mass is 9.95. The highest BCUT2D eigenvalue weighted by molar-refractivity contribution is 6.00. The summed E-state index contributed by atoms with van der Waals surface area (Å²) in [7, 11) is 0. The predicted molar refractivity (Wildman–Crippen MR) is 237 cm³/mol. The lowest BCUT2D eigenvalue weighted by Crippen LogP contribution is -1.92. The van der Waals surface area contributed by atoms with Crippen LogP contribution in [0.1, 0.15) is 72.7 Å². The van der Waals surface area contributed by atoms with Gasteiger partial charge in [0.1, 0.15) is 0 Å². The molecule has 3 aromatic heterocycles. The zero-order valence-corrected chi connectivity index (χ0v) is 32.8. The highest BCUT2D eigenvalue weighted by Crippen LogP contribution is 2.42. The third-order valence-electron chi connectivity index (χ3n) is 11.7. The monoisotopic (exact) mass is 728 g/mol. The van der Waals surface area contributed by atoms with Crippen LogP contribution in [0.15, 0.2) is 121 Å². The van der Waals surface area contributed by atoms with Crippen LogP contribution < -0.4 is 0 Å². The summed E-state index contributed by atoms with van der Waals surface area (Å²) in [5.74, 6) is 0. The number of rotatable bonds is 8. The van der Waals surface area contributed by atoms with Crippen molar-refractivity contribution in [2.75, 3.05) is 0 Å². The van der Waals surface area contributed by atoms with Gasteiger partial charge in [-0.05, 0) is 95.2 Å². The first-order chi connectivity index (χ1) is 27.6. The number of aromatic nitrogens is 4. The van der Waals surface area contributed by atoms with E-state index in [0.717, 1.165) is 94.6 Å². The minimum absolute atomic E-state index is 0.856. The number of hydrogen-bond donors (Lipinski definition) is 2. The zero-order chi connectivity index (χ0) is 38.2. The van der Waals surface area contributed by atoms with Gasteiger partial charge in [0.15, 0.2) is 0 Å². The maximum absolute atomic E-state index is 5.72. The van der Waals surface area contributed by atoms with Crippen molar-refractivity contribution in [3.05, 3.63) is 166 Å².